The minimum Gasteiger partial charge on any atom is -0.319 e. The Morgan fingerprint density at radius 1 is 0.516 bits per heavy atom. The maximum absolute atomic E-state index is 13.5. The van der Waals surface area contributed by atoms with Crippen LogP contribution in [0.2, 0.25) is 0 Å². The summed E-state index contributed by atoms with van der Waals surface area (Å²) in [7, 11) is 0. The average molecular weight is 451 g/mol. The lowest BCUT2D eigenvalue weighted by atomic mass is 9.99. The van der Waals surface area contributed by atoms with Gasteiger partial charge in [0.2, 0.25) is 0 Å². The fourth-order valence-corrected chi connectivity index (χ4v) is 7.14. The molecule has 7 heteroatoms. The molecular formula is C24H39AlO6. The van der Waals surface area contributed by atoms with E-state index in [0.29, 0.717) is 19.3 Å². The molecule has 0 rings (SSSR count). The summed E-state index contributed by atoms with van der Waals surface area (Å²) in [6.45, 7) is 9.70. The van der Waals surface area contributed by atoms with Crippen LogP contribution in [0.3, 0.4) is 0 Å². The van der Waals surface area contributed by atoms with Gasteiger partial charge in [-0.15, -0.1) is 0 Å². The van der Waals surface area contributed by atoms with Gasteiger partial charge in [0.25, 0.3) is 0 Å². The van der Waals surface area contributed by atoms with Crippen LogP contribution in [0.1, 0.15) is 99.3 Å². The van der Waals surface area contributed by atoms with E-state index in [1.54, 1.807) is 0 Å². The van der Waals surface area contributed by atoms with Crippen LogP contribution in [-0.4, -0.2) is 45.4 Å². The predicted molar refractivity (Wildman–Crippen MR) is 122 cm³/mol. The third-order valence-corrected chi connectivity index (χ3v) is 8.81. The lowest BCUT2D eigenvalue weighted by Gasteiger charge is -2.22. The van der Waals surface area contributed by atoms with Gasteiger partial charge in [0.15, 0.2) is 0 Å². The van der Waals surface area contributed by atoms with Crippen LogP contribution in [0.25, 0.3) is 0 Å². The minimum absolute atomic E-state index is 0.286. The Morgan fingerprint density at radius 3 is 0.903 bits per heavy atom. The van der Waals surface area contributed by atoms with Crippen molar-refractivity contribution in [1.29, 1.82) is 0 Å². The first-order valence-electron chi connectivity index (χ1n) is 11.7. The van der Waals surface area contributed by atoms with Crippen LogP contribution >= 0.6 is 0 Å². The molecular weight excluding hydrogens is 411 g/mol. The van der Waals surface area contributed by atoms with E-state index < -0.39 is 45.8 Å². The molecule has 0 aromatic carbocycles. The SMILES string of the molecule is CCCCC(C(C)=O)[C](=O)[Al]([C](=O)C(CCCC)C(C)=O)[C](=O)C(CCCC)C(C)=O. The number of rotatable bonds is 18. The topological polar surface area (TPSA) is 102 Å². The normalized spacial score (nSPS) is 13.7. The number of hydrogen-bond donors (Lipinski definition) is 0. The van der Waals surface area contributed by atoms with Crippen molar-refractivity contribution in [2.75, 3.05) is 0 Å². The summed E-state index contributed by atoms with van der Waals surface area (Å²) in [5.41, 5.74) is 0. The second-order valence-corrected chi connectivity index (χ2v) is 11.1. The zero-order valence-electron chi connectivity index (χ0n) is 20.1. The Bertz CT molecular complexity index is 579. The van der Waals surface area contributed by atoms with Crippen molar-refractivity contribution in [3.05, 3.63) is 0 Å². The van der Waals surface area contributed by atoms with Gasteiger partial charge in [-0.05, 0) is 40.0 Å². The summed E-state index contributed by atoms with van der Waals surface area (Å²) in [5, 5.41) is 0. The molecule has 174 valence electrons. The monoisotopic (exact) mass is 450 g/mol. The highest BCUT2D eigenvalue weighted by atomic mass is 27.2. The van der Waals surface area contributed by atoms with Crippen molar-refractivity contribution in [3.8, 4) is 0 Å². The summed E-state index contributed by atoms with van der Waals surface area (Å²) >= 11 is -3.57. The molecule has 3 atom stereocenters. The summed E-state index contributed by atoms with van der Waals surface area (Å²) in [5.74, 6) is -4.13. The third kappa shape index (κ3) is 9.29. The predicted octanol–water partition coefficient (Wildman–Crippen LogP) is 3.99. The maximum Gasteiger partial charge on any atom is 0.551 e. The summed E-state index contributed by atoms with van der Waals surface area (Å²) < 4.78 is -1.83. The zero-order valence-corrected chi connectivity index (χ0v) is 21.3. The number of ketones is 3. The van der Waals surface area contributed by atoms with Gasteiger partial charge in [-0.2, -0.15) is 0 Å². The molecule has 0 fully saturated rings. The number of Topliss-reactive ketones (excluding diaryl/α,β-unsaturated/α-hetero) is 3. The van der Waals surface area contributed by atoms with E-state index in [0.717, 1.165) is 19.3 Å². The molecule has 0 N–H and O–H groups in total. The van der Waals surface area contributed by atoms with E-state index in [9.17, 15) is 28.8 Å². The van der Waals surface area contributed by atoms with Crippen molar-refractivity contribution in [2.45, 2.75) is 99.3 Å². The molecule has 3 unspecified atom stereocenters. The molecule has 6 nitrogen and oxygen atoms in total. The average Bonchev–Trinajstić information content (AvgIpc) is 2.68. The van der Waals surface area contributed by atoms with Gasteiger partial charge in [0.05, 0.1) is 31.7 Å². The van der Waals surface area contributed by atoms with Crippen LogP contribution in [0.15, 0.2) is 0 Å². The molecule has 0 aliphatic carbocycles. The van der Waals surface area contributed by atoms with E-state index in [1.807, 2.05) is 20.8 Å². The van der Waals surface area contributed by atoms with Crippen molar-refractivity contribution in [3.63, 3.8) is 0 Å². The van der Waals surface area contributed by atoms with Gasteiger partial charge in [-0.3, -0.25) is 14.4 Å². The molecule has 0 aliphatic heterocycles. The first-order valence-corrected chi connectivity index (χ1v) is 13.4. The van der Waals surface area contributed by atoms with Crippen molar-refractivity contribution in [1.82, 2.24) is 0 Å². The van der Waals surface area contributed by atoms with Crippen LogP contribution in [0.5, 0.6) is 0 Å². The lowest BCUT2D eigenvalue weighted by molar-refractivity contribution is -0.129. The molecule has 0 aromatic heterocycles. The number of carbonyl (C=O) groups is 6. The van der Waals surface area contributed by atoms with Gasteiger partial charge in [-0.25, -0.2) is 0 Å². The van der Waals surface area contributed by atoms with Crippen molar-refractivity contribution < 1.29 is 28.8 Å². The summed E-state index contributed by atoms with van der Waals surface area (Å²) in [6.07, 6.45) is 5.03. The second kappa shape index (κ2) is 15.4. The molecule has 0 aromatic rings. The van der Waals surface area contributed by atoms with Crippen LogP contribution in [-0.2, 0) is 28.8 Å². The molecule has 0 spiro atoms. The molecule has 0 heterocycles. The summed E-state index contributed by atoms with van der Waals surface area (Å²) in [4.78, 5) is 77.1. The maximum atomic E-state index is 13.5. The molecule has 0 radical (unpaired) electrons. The molecule has 0 saturated carbocycles. The Morgan fingerprint density at radius 2 is 0.742 bits per heavy atom. The fourth-order valence-electron chi connectivity index (χ4n) is 3.89. The molecule has 31 heavy (non-hydrogen) atoms. The Labute approximate surface area is 191 Å². The van der Waals surface area contributed by atoms with Gasteiger partial charge in [0, 0.05) is 0 Å². The van der Waals surface area contributed by atoms with E-state index in [2.05, 4.69) is 0 Å². The highest BCUT2D eigenvalue weighted by Gasteiger charge is 2.52. The highest BCUT2D eigenvalue weighted by Crippen LogP contribution is 2.22. The van der Waals surface area contributed by atoms with Crippen molar-refractivity contribution >= 4 is 45.4 Å². The first kappa shape index (κ1) is 29.6. The fraction of sp³-hybridized carbons (Fsp3) is 0.750. The molecule has 0 aliphatic rings. The van der Waals surface area contributed by atoms with Crippen molar-refractivity contribution in [2.24, 2.45) is 17.8 Å². The van der Waals surface area contributed by atoms with E-state index in [1.165, 1.54) is 20.8 Å². The smallest absolute Gasteiger partial charge is 0.319 e. The largest absolute Gasteiger partial charge is 0.551 e. The quantitative estimate of drug-likeness (QED) is 0.231. The zero-order chi connectivity index (χ0) is 24.1. The van der Waals surface area contributed by atoms with E-state index in [-0.39, 0.29) is 36.6 Å². The van der Waals surface area contributed by atoms with Gasteiger partial charge < -0.3 is 14.4 Å². The number of unbranched alkanes of at least 4 members (excludes halogenated alkanes) is 3. The number of carbonyl (C=O) groups excluding carboxylic acids is 6. The molecule has 0 amide bonds. The van der Waals surface area contributed by atoms with E-state index in [4.69, 9.17) is 0 Å². The first-order chi connectivity index (χ1) is 14.5. The lowest BCUT2D eigenvalue weighted by Crippen LogP contribution is -2.54. The Kier molecular flexibility index (Phi) is 14.7. The van der Waals surface area contributed by atoms with Crippen LogP contribution < -0.4 is 0 Å². The second-order valence-electron chi connectivity index (χ2n) is 8.56. The van der Waals surface area contributed by atoms with Gasteiger partial charge in [0.1, 0.15) is 17.3 Å². The third-order valence-electron chi connectivity index (χ3n) is 5.90. The standard InChI is InChI=1S/3C8H13O2.Al/c3*1-3-4-5-8(6-9)7(2)10;/h3*8H,3-5H2,1-2H3;. The Balaban J connectivity index is 6.31. The number of hydrogen-bond acceptors (Lipinski definition) is 6. The summed E-state index contributed by atoms with van der Waals surface area (Å²) in [6, 6.07) is 0. The van der Waals surface area contributed by atoms with Crippen LogP contribution in [0.4, 0.5) is 0 Å². The van der Waals surface area contributed by atoms with Gasteiger partial charge >= 0.3 is 14.1 Å². The molecule has 0 bridgehead atoms. The minimum atomic E-state index is -3.57. The highest BCUT2D eigenvalue weighted by molar-refractivity contribution is 7.28. The Hall–Kier alpha value is -1.45. The van der Waals surface area contributed by atoms with E-state index >= 15 is 0 Å². The molecule has 0 saturated heterocycles. The van der Waals surface area contributed by atoms with Crippen LogP contribution in [0, 0.1) is 17.8 Å². The van der Waals surface area contributed by atoms with Gasteiger partial charge in [-0.1, -0.05) is 59.3 Å².